The van der Waals surface area contributed by atoms with Crippen LogP contribution in [0.15, 0.2) is 83.3 Å². The number of likely N-dealkylation sites (N-methyl/N-ethyl adjacent to an activating group) is 1. The molecule has 3 heterocycles. The van der Waals surface area contributed by atoms with Gasteiger partial charge in [-0.15, -0.1) is 0 Å². The number of amides is 1. The Hall–Kier alpha value is -3.78. The van der Waals surface area contributed by atoms with E-state index in [2.05, 4.69) is 23.1 Å². The molecule has 0 saturated carbocycles. The molecule has 0 aromatic heterocycles. The number of carbonyl (C=O) groups is 1. The van der Waals surface area contributed by atoms with Crippen molar-refractivity contribution in [2.45, 2.75) is 82.5 Å². The van der Waals surface area contributed by atoms with Crippen LogP contribution in [0.4, 0.5) is 16.2 Å². The summed E-state index contributed by atoms with van der Waals surface area (Å²) in [6.45, 7) is 12.1. The number of hydrogen-bond acceptors (Lipinski definition) is 5. The third-order valence-corrected chi connectivity index (χ3v) is 10.7. The van der Waals surface area contributed by atoms with Crippen LogP contribution in [-0.2, 0) is 26.6 Å². The number of fused-ring (bicyclic) bond motifs is 1. The number of sulfonamides is 1. The van der Waals surface area contributed by atoms with Gasteiger partial charge in [0.15, 0.2) is 0 Å². The molecule has 43 heavy (non-hydrogen) atoms. The Balaban J connectivity index is 1.60. The summed E-state index contributed by atoms with van der Waals surface area (Å²) in [4.78, 5) is 18.0. The fraction of sp³-hybridized carbons (Fsp3) is 0.400. The van der Waals surface area contributed by atoms with Crippen LogP contribution in [-0.4, -0.2) is 44.8 Å². The summed E-state index contributed by atoms with van der Waals surface area (Å²) < 4.78 is 37.0. The number of para-hydroxylation sites is 1. The minimum atomic E-state index is -3.96. The van der Waals surface area contributed by atoms with Crippen LogP contribution in [0.3, 0.4) is 0 Å². The third-order valence-electron chi connectivity index (χ3n) is 8.92. The molecule has 0 saturated heterocycles. The SMILES string of the molecule is CC(C)=C[C@@H]1c2cccc3c2[C@]2(CCN1C(=O)OC(C)(C)C)Cc1ccccc1N(S(=O)(=O)c1ccc(C)cc1)[C@@H]2N3C. The molecule has 0 fully saturated rings. The molecule has 8 heteroatoms. The van der Waals surface area contributed by atoms with Gasteiger partial charge in [-0.1, -0.05) is 59.7 Å². The Kier molecular flexibility index (Phi) is 6.92. The largest absolute Gasteiger partial charge is 0.444 e. The first-order chi connectivity index (χ1) is 20.2. The lowest BCUT2D eigenvalue weighted by atomic mass is 9.69. The Labute approximate surface area is 255 Å². The van der Waals surface area contributed by atoms with E-state index in [-0.39, 0.29) is 17.0 Å². The first-order valence-electron chi connectivity index (χ1n) is 14.9. The van der Waals surface area contributed by atoms with E-state index in [1.165, 1.54) is 0 Å². The lowest BCUT2D eigenvalue weighted by Crippen LogP contribution is -2.61. The zero-order valence-corrected chi connectivity index (χ0v) is 26.9. The maximum Gasteiger partial charge on any atom is 0.411 e. The fourth-order valence-electron chi connectivity index (χ4n) is 7.26. The number of carbonyl (C=O) groups excluding carboxylic acids is 1. The molecule has 6 rings (SSSR count). The second-order valence-electron chi connectivity index (χ2n) is 13.4. The van der Waals surface area contributed by atoms with Gasteiger partial charge in [0.2, 0.25) is 0 Å². The van der Waals surface area contributed by atoms with E-state index in [4.69, 9.17) is 4.74 Å². The van der Waals surface area contributed by atoms with Crippen molar-refractivity contribution in [2.75, 3.05) is 22.8 Å². The summed E-state index contributed by atoms with van der Waals surface area (Å²) >= 11 is 0. The van der Waals surface area contributed by atoms with Crippen LogP contribution in [0.25, 0.3) is 0 Å². The van der Waals surface area contributed by atoms with E-state index in [0.29, 0.717) is 25.1 Å². The summed E-state index contributed by atoms with van der Waals surface area (Å²) in [7, 11) is -1.95. The summed E-state index contributed by atoms with van der Waals surface area (Å²) in [6.07, 6.45) is 2.48. The number of rotatable bonds is 3. The molecule has 3 aromatic rings. The highest BCUT2D eigenvalue weighted by Crippen LogP contribution is 2.59. The number of ether oxygens (including phenoxy) is 1. The van der Waals surface area contributed by atoms with Gasteiger partial charge in [0.1, 0.15) is 11.8 Å². The standard InChI is InChI=1S/C35H41N3O4S/c1-23(2)21-30-27-12-10-14-29-31(27)35(19-20-37(30)33(39)42-34(4,5)6)22-25-11-8-9-13-28(25)38(32(35)36(29)7)43(40,41)26-17-15-24(3)16-18-26/h8-18,21,30,32H,19-20,22H2,1-7H3/t30-,32+,35+/m1/s1. The van der Waals surface area contributed by atoms with Gasteiger partial charge < -0.3 is 9.64 Å². The molecule has 0 aliphatic carbocycles. The second-order valence-corrected chi connectivity index (χ2v) is 15.2. The van der Waals surface area contributed by atoms with Crippen LogP contribution in [0, 0.1) is 6.92 Å². The summed E-state index contributed by atoms with van der Waals surface area (Å²) in [5.41, 5.74) is 5.66. The summed E-state index contributed by atoms with van der Waals surface area (Å²) in [6, 6.07) is 20.8. The summed E-state index contributed by atoms with van der Waals surface area (Å²) in [5, 5.41) is 0. The summed E-state index contributed by atoms with van der Waals surface area (Å²) in [5.74, 6) is 0. The molecular weight excluding hydrogens is 558 g/mol. The third kappa shape index (κ3) is 4.71. The van der Waals surface area contributed by atoms with Gasteiger partial charge in [0.25, 0.3) is 10.0 Å². The van der Waals surface area contributed by atoms with Crippen LogP contribution in [0.5, 0.6) is 0 Å². The van der Waals surface area contributed by atoms with Gasteiger partial charge in [0, 0.05) is 24.7 Å². The van der Waals surface area contributed by atoms with E-state index in [0.717, 1.165) is 33.5 Å². The van der Waals surface area contributed by atoms with Crippen molar-refractivity contribution in [2.24, 2.45) is 0 Å². The number of benzene rings is 3. The Bertz CT molecular complexity index is 1720. The molecule has 3 aliphatic heterocycles. The highest BCUT2D eigenvalue weighted by atomic mass is 32.2. The topological polar surface area (TPSA) is 70.2 Å². The van der Waals surface area contributed by atoms with Crippen molar-refractivity contribution < 1.29 is 17.9 Å². The van der Waals surface area contributed by atoms with Gasteiger partial charge in [0.05, 0.1) is 16.6 Å². The highest BCUT2D eigenvalue weighted by Gasteiger charge is 2.60. The average molecular weight is 600 g/mol. The van der Waals surface area contributed by atoms with Crippen LogP contribution in [0.2, 0.25) is 0 Å². The van der Waals surface area contributed by atoms with Crippen molar-refractivity contribution in [3.05, 3.63) is 101 Å². The van der Waals surface area contributed by atoms with Gasteiger partial charge in [-0.25, -0.2) is 17.5 Å². The predicted octanol–water partition coefficient (Wildman–Crippen LogP) is 7.11. The van der Waals surface area contributed by atoms with Gasteiger partial charge >= 0.3 is 6.09 Å². The lowest BCUT2D eigenvalue weighted by Gasteiger charge is -2.49. The highest BCUT2D eigenvalue weighted by molar-refractivity contribution is 7.92. The van der Waals surface area contributed by atoms with Crippen molar-refractivity contribution >= 4 is 27.5 Å². The Morgan fingerprint density at radius 2 is 1.65 bits per heavy atom. The average Bonchev–Trinajstić information content (AvgIpc) is 3.09. The van der Waals surface area contributed by atoms with Gasteiger partial charge in [-0.3, -0.25) is 4.90 Å². The van der Waals surface area contributed by atoms with Crippen molar-refractivity contribution in [3.63, 3.8) is 0 Å². The molecule has 0 unspecified atom stereocenters. The molecule has 1 amide bonds. The maximum absolute atomic E-state index is 14.7. The number of anilines is 2. The molecule has 1 spiro atoms. The molecule has 7 nitrogen and oxygen atoms in total. The minimum Gasteiger partial charge on any atom is -0.444 e. The van der Waals surface area contributed by atoms with E-state index in [1.54, 1.807) is 16.4 Å². The zero-order valence-electron chi connectivity index (χ0n) is 26.1. The van der Waals surface area contributed by atoms with Crippen molar-refractivity contribution in [1.29, 1.82) is 0 Å². The molecule has 3 aliphatic rings. The van der Waals surface area contributed by atoms with E-state index in [1.807, 2.05) is 96.0 Å². The normalized spacial score (nSPS) is 22.7. The van der Waals surface area contributed by atoms with Crippen LogP contribution in [0.1, 0.15) is 69.3 Å². The Morgan fingerprint density at radius 3 is 2.33 bits per heavy atom. The molecule has 0 bridgehead atoms. The smallest absolute Gasteiger partial charge is 0.411 e. The quantitative estimate of drug-likeness (QED) is 0.300. The number of aryl methyl sites for hydroxylation is 1. The molecule has 0 N–H and O–H groups in total. The number of hydrogen-bond donors (Lipinski definition) is 0. The lowest BCUT2D eigenvalue weighted by molar-refractivity contribution is 0.0190. The fourth-order valence-corrected chi connectivity index (χ4v) is 9.01. The molecule has 0 radical (unpaired) electrons. The minimum absolute atomic E-state index is 0.265. The first kappa shape index (κ1) is 29.3. The second kappa shape index (κ2) is 10.2. The van der Waals surface area contributed by atoms with Crippen LogP contribution >= 0.6 is 0 Å². The Morgan fingerprint density at radius 1 is 0.977 bits per heavy atom. The molecular formula is C35H41N3O4S. The van der Waals surface area contributed by atoms with Gasteiger partial charge in [-0.05, 0) is 95.3 Å². The maximum atomic E-state index is 14.7. The monoisotopic (exact) mass is 599 g/mol. The molecule has 3 aromatic carbocycles. The molecule has 3 atom stereocenters. The first-order valence-corrected chi connectivity index (χ1v) is 16.4. The predicted molar refractivity (Wildman–Crippen MR) is 171 cm³/mol. The van der Waals surface area contributed by atoms with E-state index in [9.17, 15) is 13.2 Å². The van der Waals surface area contributed by atoms with Crippen LogP contribution < -0.4 is 9.21 Å². The zero-order chi connectivity index (χ0) is 30.9. The van der Waals surface area contributed by atoms with E-state index < -0.39 is 27.2 Å². The van der Waals surface area contributed by atoms with Crippen molar-refractivity contribution in [3.8, 4) is 0 Å². The number of nitrogens with zero attached hydrogens (tertiary/aromatic N) is 3. The van der Waals surface area contributed by atoms with E-state index >= 15 is 0 Å². The van der Waals surface area contributed by atoms with Gasteiger partial charge in [-0.2, -0.15) is 0 Å². The van der Waals surface area contributed by atoms with Crippen molar-refractivity contribution in [1.82, 2.24) is 4.90 Å². The molecule has 226 valence electrons. The number of allylic oxidation sites excluding steroid dienone is 1.